The first-order chi connectivity index (χ1) is 12.7. The predicted octanol–water partition coefficient (Wildman–Crippen LogP) is 4.60. The molecule has 0 spiro atoms. The van der Waals surface area contributed by atoms with Crippen LogP contribution in [-0.2, 0) is 12.8 Å². The van der Waals surface area contributed by atoms with Crippen molar-refractivity contribution in [2.24, 2.45) is 7.05 Å². The molecule has 5 nitrogen and oxygen atoms in total. The molecule has 0 fully saturated rings. The zero-order valence-electron chi connectivity index (χ0n) is 14.5. The zero-order valence-corrected chi connectivity index (χ0v) is 16.1. The lowest BCUT2D eigenvalue weighted by molar-refractivity contribution is 0.793. The minimum absolute atomic E-state index is 0.753. The van der Waals surface area contributed by atoms with Gasteiger partial charge in [0, 0.05) is 29.9 Å². The number of thioether (sulfide) groups is 1. The highest BCUT2D eigenvalue weighted by Crippen LogP contribution is 2.28. The molecule has 0 aliphatic heterocycles. The fraction of sp³-hybridized carbons (Fsp3) is 0.158. The number of hydrogen-bond donors (Lipinski definition) is 0. The van der Waals surface area contributed by atoms with E-state index < -0.39 is 0 Å². The molecule has 0 atom stereocenters. The van der Waals surface area contributed by atoms with Gasteiger partial charge in [-0.2, -0.15) is 0 Å². The normalized spacial score (nSPS) is 11.0. The van der Waals surface area contributed by atoms with E-state index >= 15 is 0 Å². The summed E-state index contributed by atoms with van der Waals surface area (Å²) in [4.78, 5) is 9.03. The largest absolute Gasteiger partial charge is 0.305 e. The Labute approximate surface area is 160 Å². The summed E-state index contributed by atoms with van der Waals surface area (Å²) in [5, 5.41) is 12.6. The Kier molecular flexibility index (Phi) is 4.81. The standard InChI is InChI=1S/C19H17N5S2/c1-13-6-5-7-14(10-13)17-22-23-19(24(17)2)26-12-15-11-25-18(21-15)16-8-3-4-9-20-16/h3-11H,12H2,1-2H3. The number of thiazole rings is 1. The van der Waals surface area contributed by atoms with Crippen LogP contribution in [0.15, 0.2) is 59.2 Å². The van der Waals surface area contributed by atoms with Gasteiger partial charge in [0.2, 0.25) is 0 Å². The maximum absolute atomic E-state index is 4.68. The van der Waals surface area contributed by atoms with Crippen LogP contribution in [0, 0.1) is 6.92 Å². The third-order valence-electron chi connectivity index (χ3n) is 3.90. The summed E-state index contributed by atoms with van der Waals surface area (Å²) in [6.07, 6.45) is 1.79. The minimum atomic E-state index is 0.753. The zero-order chi connectivity index (χ0) is 17.9. The van der Waals surface area contributed by atoms with E-state index in [9.17, 15) is 0 Å². The van der Waals surface area contributed by atoms with Crippen LogP contribution in [-0.4, -0.2) is 24.7 Å². The van der Waals surface area contributed by atoms with Gasteiger partial charge in [-0.05, 0) is 25.1 Å². The van der Waals surface area contributed by atoms with Gasteiger partial charge >= 0.3 is 0 Å². The van der Waals surface area contributed by atoms with Crippen molar-refractivity contribution < 1.29 is 0 Å². The summed E-state index contributed by atoms with van der Waals surface area (Å²) in [5.41, 5.74) is 4.23. The molecule has 0 saturated carbocycles. The lowest BCUT2D eigenvalue weighted by atomic mass is 10.1. The molecule has 0 saturated heterocycles. The molecule has 3 heterocycles. The van der Waals surface area contributed by atoms with E-state index in [4.69, 9.17) is 0 Å². The molecule has 0 N–H and O–H groups in total. The van der Waals surface area contributed by atoms with Crippen molar-refractivity contribution >= 4 is 23.1 Å². The number of pyridine rings is 1. The molecular formula is C19H17N5S2. The van der Waals surface area contributed by atoms with E-state index in [-0.39, 0.29) is 0 Å². The Morgan fingerprint density at radius 3 is 2.85 bits per heavy atom. The van der Waals surface area contributed by atoms with E-state index in [1.54, 1.807) is 29.3 Å². The van der Waals surface area contributed by atoms with Crippen LogP contribution in [0.2, 0.25) is 0 Å². The van der Waals surface area contributed by atoms with Crippen LogP contribution in [0.4, 0.5) is 0 Å². The van der Waals surface area contributed by atoms with Crippen molar-refractivity contribution in [1.29, 1.82) is 0 Å². The molecule has 130 valence electrons. The van der Waals surface area contributed by atoms with Crippen molar-refractivity contribution in [3.63, 3.8) is 0 Å². The summed E-state index contributed by atoms with van der Waals surface area (Å²) >= 11 is 3.26. The van der Waals surface area contributed by atoms with Crippen molar-refractivity contribution in [1.82, 2.24) is 24.7 Å². The fourth-order valence-electron chi connectivity index (χ4n) is 2.59. The quantitative estimate of drug-likeness (QED) is 0.474. The second kappa shape index (κ2) is 7.39. The van der Waals surface area contributed by atoms with E-state index in [1.165, 1.54) is 5.56 Å². The van der Waals surface area contributed by atoms with Gasteiger partial charge in [-0.3, -0.25) is 4.98 Å². The van der Waals surface area contributed by atoms with Crippen LogP contribution in [0.1, 0.15) is 11.3 Å². The topological polar surface area (TPSA) is 56.5 Å². The summed E-state index contributed by atoms with van der Waals surface area (Å²) in [6, 6.07) is 14.2. The van der Waals surface area contributed by atoms with Crippen molar-refractivity contribution in [2.75, 3.05) is 0 Å². The fourth-order valence-corrected chi connectivity index (χ4v) is 4.30. The number of rotatable bonds is 5. The molecule has 0 aliphatic carbocycles. The molecular weight excluding hydrogens is 362 g/mol. The maximum atomic E-state index is 4.68. The molecule has 3 aromatic heterocycles. The summed E-state index contributed by atoms with van der Waals surface area (Å²) in [7, 11) is 2.00. The Hall–Kier alpha value is -2.51. The highest BCUT2D eigenvalue weighted by atomic mass is 32.2. The van der Waals surface area contributed by atoms with Crippen molar-refractivity contribution in [3.05, 3.63) is 65.3 Å². The van der Waals surface area contributed by atoms with Gasteiger partial charge in [-0.25, -0.2) is 4.98 Å². The molecule has 0 radical (unpaired) electrons. The average Bonchev–Trinajstić information content (AvgIpc) is 3.28. The van der Waals surface area contributed by atoms with E-state index in [0.29, 0.717) is 0 Å². The first-order valence-electron chi connectivity index (χ1n) is 8.16. The van der Waals surface area contributed by atoms with Gasteiger partial charge < -0.3 is 4.57 Å². The molecule has 0 aliphatic rings. The lowest BCUT2D eigenvalue weighted by Gasteiger charge is -2.04. The first-order valence-corrected chi connectivity index (χ1v) is 10.0. The van der Waals surface area contributed by atoms with Crippen LogP contribution < -0.4 is 0 Å². The van der Waals surface area contributed by atoms with Gasteiger partial charge in [0.15, 0.2) is 11.0 Å². The maximum Gasteiger partial charge on any atom is 0.191 e. The lowest BCUT2D eigenvalue weighted by Crippen LogP contribution is -1.95. The van der Waals surface area contributed by atoms with Crippen LogP contribution in [0.5, 0.6) is 0 Å². The molecule has 0 amide bonds. The van der Waals surface area contributed by atoms with E-state index in [2.05, 4.69) is 50.7 Å². The highest BCUT2D eigenvalue weighted by Gasteiger charge is 2.13. The Morgan fingerprint density at radius 1 is 1.12 bits per heavy atom. The van der Waals surface area contributed by atoms with Gasteiger partial charge in [0.05, 0.1) is 11.4 Å². The van der Waals surface area contributed by atoms with Crippen LogP contribution in [0.3, 0.4) is 0 Å². The number of benzene rings is 1. The second-order valence-electron chi connectivity index (χ2n) is 5.88. The van der Waals surface area contributed by atoms with E-state index in [1.807, 2.05) is 35.9 Å². The number of aryl methyl sites for hydroxylation is 1. The van der Waals surface area contributed by atoms with Gasteiger partial charge in [-0.1, -0.05) is 41.6 Å². The monoisotopic (exact) mass is 379 g/mol. The van der Waals surface area contributed by atoms with E-state index in [0.717, 1.165) is 38.7 Å². The third-order valence-corrected chi connectivity index (χ3v) is 5.86. The third kappa shape index (κ3) is 3.54. The number of aromatic nitrogens is 5. The van der Waals surface area contributed by atoms with Gasteiger partial charge in [0.25, 0.3) is 0 Å². The summed E-state index contributed by atoms with van der Waals surface area (Å²) in [6.45, 7) is 2.08. The van der Waals surface area contributed by atoms with Crippen molar-refractivity contribution in [3.8, 4) is 22.1 Å². The summed E-state index contributed by atoms with van der Waals surface area (Å²) in [5.74, 6) is 1.63. The number of nitrogens with zero attached hydrogens (tertiary/aromatic N) is 5. The SMILES string of the molecule is Cc1cccc(-c2nnc(SCc3csc(-c4ccccn4)n3)n2C)c1. The molecule has 4 rings (SSSR count). The molecule has 0 bridgehead atoms. The van der Waals surface area contributed by atoms with Gasteiger partial charge in [0.1, 0.15) is 5.01 Å². The van der Waals surface area contributed by atoms with Crippen molar-refractivity contribution in [2.45, 2.75) is 17.8 Å². The first kappa shape index (κ1) is 16.9. The predicted molar refractivity (Wildman–Crippen MR) is 106 cm³/mol. The Bertz CT molecular complexity index is 1020. The Morgan fingerprint density at radius 2 is 2.04 bits per heavy atom. The summed E-state index contributed by atoms with van der Waals surface area (Å²) < 4.78 is 2.03. The van der Waals surface area contributed by atoms with Crippen LogP contribution >= 0.6 is 23.1 Å². The number of hydrogen-bond acceptors (Lipinski definition) is 6. The molecule has 26 heavy (non-hydrogen) atoms. The smallest absolute Gasteiger partial charge is 0.191 e. The molecule has 1 aromatic carbocycles. The molecule has 4 aromatic rings. The second-order valence-corrected chi connectivity index (χ2v) is 7.68. The molecule has 0 unspecified atom stereocenters. The van der Waals surface area contributed by atoms with Gasteiger partial charge in [-0.15, -0.1) is 21.5 Å². The highest BCUT2D eigenvalue weighted by molar-refractivity contribution is 7.98. The van der Waals surface area contributed by atoms with Crippen LogP contribution in [0.25, 0.3) is 22.1 Å². The molecule has 7 heteroatoms. The minimum Gasteiger partial charge on any atom is -0.305 e. The average molecular weight is 380 g/mol. The Balaban J connectivity index is 1.48.